The zero-order chi connectivity index (χ0) is 14.2. The molecule has 0 aromatic rings. The van der Waals surface area contributed by atoms with Crippen LogP contribution in [0.15, 0.2) is 0 Å². The van der Waals surface area contributed by atoms with Gasteiger partial charge in [-0.05, 0) is 12.8 Å². The lowest BCUT2D eigenvalue weighted by Crippen LogP contribution is -2.47. The molecule has 0 atom stereocenters. The fourth-order valence-corrected chi connectivity index (χ4v) is 5.55. The van der Waals surface area contributed by atoms with Crippen molar-refractivity contribution in [3.63, 3.8) is 0 Å². The summed E-state index contributed by atoms with van der Waals surface area (Å²) >= 11 is 4.96. The topological polar surface area (TPSA) is 97.5 Å². The van der Waals surface area contributed by atoms with Gasteiger partial charge in [0.25, 0.3) is 0 Å². The van der Waals surface area contributed by atoms with Crippen LogP contribution in [0.1, 0.15) is 19.8 Å². The first-order valence-electron chi connectivity index (χ1n) is 5.42. The van der Waals surface area contributed by atoms with Crippen LogP contribution in [-0.2, 0) is 19.9 Å². The average molecular weight is 314 g/mol. The van der Waals surface area contributed by atoms with Gasteiger partial charge in [-0.1, -0.05) is 19.1 Å². The molecule has 18 heavy (non-hydrogen) atoms. The quantitative estimate of drug-likeness (QED) is 0.716. The Morgan fingerprint density at radius 2 is 1.72 bits per heavy atom. The van der Waals surface area contributed by atoms with Crippen LogP contribution < -0.4 is 5.73 Å². The Morgan fingerprint density at radius 1 is 1.28 bits per heavy atom. The SMILES string of the molecule is CC1(C(N)=S)CCN(S(=O)(=O)CS(C)(=O)=O)CC1. The Morgan fingerprint density at radius 3 is 2.06 bits per heavy atom. The van der Waals surface area contributed by atoms with Crippen LogP contribution >= 0.6 is 12.2 Å². The molecule has 0 bridgehead atoms. The predicted octanol–water partition coefficient (Wildman–Crippen LogP) is -0.293. The van der Waals surface area contributed by atoms with Crippen molar-refractivity contribution in [2.75, 3.05) is 24.4 Å². The van der Waals surface area contributed by atoms with E-state index in [9.17, 15) is 16.8 Å². The van der Waals surface area contributed by atoms with Crippen LogP contribution in [0.3, 0.4) is 0 Å². The monoisotopic (exact) mass is 314 g/mol. The molecule has 1 fully saturated rings. The number of rotatable bonds is 4. The largest absolute Gasteiger partial charge is 0.393 e. The van der Waals surface area contributed by atoms with Crippen molar-refractivity contribution in [3.8, 4) is 0 Å². The maximum atomic E-state index is 11.9. The van der Waals surface area contributed by atoms with E-state index in [4.69, 9.17) is 18.0 Å². The maximum Gasteiger partial charge on any atom is 0.228 e. The highest BCUT2D eigenvalue weighted by Crippen LogP contribution is 2.32. The lowest BCUT2D eigenvalue weighted by atomic mass is 9.81. The number of hydrogen-bond donors (Lipinski definition) is 1. The second kappa shape index (κ2) is 5.03. The summed E-state index contributed by atoms with van der Waals surface area (Å²) in [5, 5.41) is -0.843. The van der Waals surface area contributed by atoms with E-state index in [-0.39, 0.29) is 18.5 Å². The van der Waals surface area contributed by atoms with Crippen LogP contribution in [0.5, 0.6) is 0 Å². The summed E-state index contributed by atoms with van der Waals surface area (Å²) in [7, 11) is -7.31. The van der Waals surface area contributed by atoms with Crippen LogP contribution in [-0.4, -0.2) is 50.6 Å². The normalized spacial score (nSPS) is 21.7. The first-order chi connectivity index (χ1) is 7.96. The van der Waals surface area contributed by atoms with Crippen molar-refractivity contribution in [3.05, 3.63) is 0 Å². The van der Waals surface area contributed by atoms with Gasteiger partial charge in [0.1, 0.15) is 0 Å². The molecular formula is C9H18N2O4S3. The molecule has 0 unspecified atom stereocenters. The lowest BCUT2D eigenvalue weighted by molar-refractivity contribution is 0.244. The van der Waals surface area contributed by atoms with Crippen LogP contribution in [0.4, 0.5) is 0 Å². The van der Waals surface area contributed by atoms with Crippen molar-refractivity contribution < 1.29 is 16.8 Å². The average Bonchev–Trinajstić information content (AvgIpc) is 2.14. The molecule has 106 valence electrons. The number of sulfonamides is 1. The number of hydrogen-bond acceptors (Lipinski definition) is 5. The molecule has 0 radical (unpaired) electrons. The van der Waals surface area contributed by atoms with E-state index in [2.05, 4.69) is 0 Å². The molecule has 0 saturated carbocycles. The van der Waals surface area contributed by atoms with Gasteiger partial charge < -0.3 is 5.73 Å². The molecule has 1 saturated heterocycles. The number of thiocarbonyl (C=S) groups is 1. The molecule has 0 amide bonds. The van der Waals surface area contributed by atoms with E-state index < -0.39 is 24.9 Å². The predicted molar refractivity (Wildman–Crippen MR) is 74.3 cm³/mol. The number of nitrogens with zero attached hydrogens (tertiary/aromatic N) is 1. The van der Waals surface area contributed by atoms with Crippen molar-refractivity contribution in [2.24, 2.45) is 11.1 Å². The summed E-state index contributed by atoms with van der Waals surface area (Å²) in [6, 6.07) is 0. The number of sulfone groups is 1. The molecule has 0 aromatic heterocycles. The van der Waals surface area contributed by atoms with Crippen molar-refractivity contribution in [2.45, 2.75) is 19.8 Å². The summed E-state index contributed by atoms with van der Waals surface area (Å²) in [6.07, 6.45) is 1.95. The highest BCUT2D eigenvalue weighted by molar-refractivity contribution is 8.06. The van der Waals surface area contributed by atoms with E-state index in [1.54, 1.807) is 0 Å². The van der Waals surface area contributed by atoms with E-state index in [0.717, 1.165) is 6.26 Å². The maximum absolute atomic E-state index is 11.9. The fraction of sp³-hybridized carbons (Fsp3) is 0.889. The van der Waals surface area contributed by atoms with Crippen molar-refractivity contribution >= 4 is 37.1 Å². The van der Waals surface area contributed by atoms with Crippen molar-refractivity contribution in [1.29, 1.82) is 0 Å². The molecule has 6 nitrogen and oxygen atoms in total. The second-order valence-corrected chi connectivity index (χ2v) is 9.89. The van der Waals surface area contributed by atoms with Crippen LogP contribution in [0.25, 0.3) is 0 Å². The highest BCUT2D eigenvalue weighted by atomic mass is 32.3. The van der Waals surface area contributed by atoms with Gasteiger partial charge >= 0.3 is 0 Å². The van der Waals surface area contributed by atoms with Crippen LogP contribution in [0.2, 0.25) is 0 Å². The van der Waals surface area contributed by atoms with Gasteiger partial charge in [0.05, 0.1) is 4.99 Å². The molecule has 1 aliphatic rings. The zero-order valence-corrected chi connectivity index (χ0v) is 12.9. The summed E-state index contributed by atoms with van der Waals surface area (Å²) in [4.78, 5) is 0.377. The minimum atomic E-state index is -3.76. The smallest absolute Gasteiger partial charge is 0.228 e. The zero-order valence-electron chi connectivity index (χ0n) is 10.4. The molecule has 1 aliphatic heterocycles. The van der Waals surface area contributed by atoms with E-state index >= 15 is 0 Å². The van der Waals surface area contributed by atoms with Gasteiger partial charge in [-0.25, -0.2) is 21.1 Å². The summed E-state index contributed by atoms with van der Waals surface area (Å²) < 4.78 is 47.1. The molecule has 9 heteroatoms. The molecule has 0 aromatic carbocycles. The Hall–Kier alpha value is -0.250. The molecule has 0 aliphatic carbocycles. The van der Waals surface area contributed by atoms with Gasteiger partial charge in [0.2, 0.25) is 10.0 Å². The third-order valence-electron chi connectivity index (χ3n) is 3.18. The number of piperidine rings is 1. The molecular weight excluding hydrogens is 296 g/mol. The van der Waals surface area contributed by atoms with E-state index in [1.165, 1.54) is 4.31 Å². The molecule has 1 rings (SSSR count). The third kappa shape index (κ3) is 3.87. The first-order valence-corrected chi connectivity index (χ1v) is 9.50. The molecule has 1 heterocycles. The summed E-state index contributed by atoms with van der Waals surface area (Å²) in [6.45, 7) is 2.41. The van der Waals surface area contributed by atoms with Gasteiger partial charge in [-0.2, -0.15) is 0 Å². The summed E-state index contributed by atoms with van der Waals surface area (Å²) in [5.41, 5.74) is 5.28. The highest BCUT2D eigenvalue weighted by Gasteiger charge is 2.37. The Bertz CT molecular complexity index is 530. The second-order valence-electron chi connectivity index (χ2n) is 4.98. The Kier molecular flexibility index (Phi) is 4.41. The third-order valence-corrected chi connectivity index (χ3v) is 7.73. The van der Waals surface area contributed by atoms with Gasteiger partial charge in [-0.3, -0.25) is 0 Å². The lowest BCUT2D eigenvalue weighted by Gasteiger charge is -2.37. The van der Waals surface area contributed by atoms with Crippen LogP contribution in [0, 0.1) is 5.41 Å². The Labute approximate surface area is 113 Å². The fourth-order valence-electron chi connectivity index (χ4n) is 1.85. The number of nitrogens with two attached hydrogens (primary N) is 1. The van der Waals surface area contributed by atoms with E-state index in [1.807, 2.05) is 6.92 Å². The Balaban J connectivity index is 2.78. The molecule has 0 spiro atoms. The summed E-state index contributed by atoms with van der Waals surface area (Å²) in [5.74, 6) is 0. The first kappa shape index (κ1) is 15.8. The van der Waals surface area contributed by atoms with Gasteiger partial charge in [0, 0.05) is 24.8 Å². The minimum Gasteiger partial charge on any atom is -0.393 e. The molecule has 2 N–H and O–H groups in total. The van der Waals surface area contributed by atoms with Crippen molar-refractivity contribution in [1.82, 2.24) is 4.31 Å². The standard InChI is InChI=1S/C9H18N2O4S3/c1-9(8(10)16)3-5-11(6-4-9)18(14,15)7-17(2,12)13/h3-7H2,1-2H3,(H2,10,16). The van der Waals surface area contributed by atoms with Gasteiger partial charge in [-0.15, -0.1) is 0 Å². The minimum absolute atomic E-state index is 0.256. The van der Waals surface area contributed by atoms with E-state index in [0.29, 0.717) is 17.8 Å². The van der Waals surface area contributed by atoms with Gasteiger partial charge in [0.15, 0.2) is 14.9 Å².